The summed E-state index contributed by atoms with van der Waals surface area (Å²) < 4.78 is 0. The van der Waals surface area contributed by atoms with E-state index in [1.54, 1.807) is 0 Å². The van der Waals surface area contributed by atoms with Crippen molar-refractivity contribution in [3.8, 4) is 0 Å². The minimum absolute atomic E-state index is 0.149. The fourth-order valence-corrected chi connectivity index (χ4v) is 2.98. The molecule has 0 heterocycles. The van der Waals surface area contributed by atoms with E-state index in [-0.39, 0.29) is 6.04 Å². The maximum atomic E-state index is 11.9. The lowest BCUT2D eigenvalue weighted by Crippen LogP contribution is -2.47. The maximum absolute atomic E-state index is 11.9. The van der Waals surface area contributed by atoms with Crippen LogP contribution in [0.25, 0.3) is 0 Å². The lowest BCUT2D eigenvalue weighted by atomic mass is 9.86. The van der Waals surface area contributed by atoms with Crippen molar-refractivity contribution < 1.29 is 9.59 Å². The summed E-state index contributed by atoms with van der Waals surface area (Å²) in [7, 11) is 0. The Morgan fingerprint density at radius 3 is 2.55 bits per heavy atom. The summed E-state index contributed by atoms with van der Waals surface area (Å²) in [6, 6.07) is 10.3. The van der Waals surface area contributed by atoms with Gasteiger partial charge in [0.1, 0.15) is 0 Å². The highest BCUT2D eigenvalue weighted by atomic mass is 16.2. The Morgan fingerprint density at radius 1 is 1.09 bits per heavy atom. The Morgan fingerprint density at radius 2 is 1.82 bits per heavy atom. The lowest BCUT2D eigenvalue weighted by Gasteiger charge is -2.29. The molecule has 0 unspecified atom stereocenters. The molecule has 1 aromatic carbocycles. The predicted octanol–water partition coefficient (Wildman–Crippen LogP) is 2.43. The van der Waals surface area contributed by atoms with Crippen LogP contribution in [0.1, 0.15) is 44.6 Å². The van der Waals surface area contributed by atoms with E-state index in [9.17, 15) is 9.59 Å². The number of amides is 2. The lowest BCUT2D eigenvalue weighted by molar-refractivity contribution is -0.139. The smallest absolute Gasteiger partial charge is 0.309 e. The zero-order chi connectivity index (χ0) is 15.8. The van der Waals surface area contributed by atoms with Gasteiger partial charge in [-0.05, 0) is 37.2 Å². The Labute approximate surface area is 132 Å². The number of benzene rings is 1. The van der Waals surface area contributed by atoms with E-state index in [2.05, 4.69) is 29.7 Å². The average Bonchev–Trinajstić information content (AvgIpc) is 2.54. The highest BCUT2D eigenvalue weighted by Crippen LogP contribution is 2.23. The van der Waals surface area contributed by atoms with Crippen LogP contribution in [-0.2, 0) is 16.0 Å². The van der Waals surface area contributed by atoms with Crippen LogP contribution in [0.4, 0.5) is 0 Å². The van der Waals surface area contributed by atoms with Crippen molar-refractivity contribution in [3.05, 3.63) is 35.9 Å². The van der Waals surface area contributed by atoms with Gasteiger partial charge in [0.2, 0.25) is 0 Å². The SMILES string of the molecule is C[C@@H]1CCCC[C@@H]1NC(=O)C(=O)NCCCc1ccccc1. The molecule has 0 spiro atoms. The highest BCUT2D eigenvalue weighted by Gasteiger charge is 2.25. The number of hydrogen-bond donors (Lipinski definition) is 2. The molecule has 0 aromatic heterocycles. The largest absolute Gasteiger partial charge is 0.348 e. The fraction of sp³-hybridized carbons (Fsp3) is 0.556. The van der Waals surface area contributed by atoms with Crippen LogP contribution < -0.4 is 10.6 Å². The maximum Gasteiger partial charge on any atom is 0.309 e. The van der Waals surface area contributed by atoms with E-state index in [0.29, 0.717) is 12.5 Å². The molecule has 1 saturated carbocycles. The van der Waals surface area contributed by atoms with Gasteiger partial charge in [0.05, 0.1) is 0 Å². The first kappa shape index (κ1) is 16.5. The Kier molecular flexibility index (Phi) is 6.44. The minimum Gasteiger partial charge on any atom is -0.348 e. The molecule has 1 aliphatic carbocycles. The van der Waals surface area contributed by atoms with Gasteiger partial charge in [-0.1, -0.05) is 50.1 Å². The molecule has 1 aromatic rings. The molecule has 0 aliphatic heterocycles. The molecule has 22 heavy (non-hydrogen) atoms. The summed E-state index contributed by atoms with van der Waals surface area (Å²) in [6.45, 7) is 2.67. The molecule has 1 aliphatic rings. The number of aryl methyl sites for hydroxylation is 1. The summed E-state index contributed by atoms with van der Waals surface area (Å²) in [6.07, 6.45) is 6.20. The van der Waals surface area contributed by atoms with Crippen molar-refractivity contribution in [2.75, 3.05) is 6.54 Å². The standard InChI is InChI=1S/C18H26N2O2/c1-14-8-5-6-12-16(14)20-18(22)17(21)19-13-7-11-15-9-3-2-4-10-15/h2-4,9-10,14,16H,5-8,11-13H2,1H3,(H,19,21)(H,20,22)/t14-,16+/m1/s1. The van der Waals surface area contributed by atoms with Crippen LogP contribution in [0, 0.1) is 5.92 Å². The first-order valence-electron chi connectivity index (χ1n) is 8.29. The van der Waals surface area contributed by atoms with Gasteiger partial charge in [0.25, 0.3) is 0 Å². The van der Waals surface area contributed by atoms with Crippen molar-refractivity contribution >= 4 is 11.8 Å². The summed E-state index contributed by atoms with van der Waals surface area (Å²) in [5.41, 5.74) is 1.25. The van der Waals surface area contributed by atoms with Gasteiger partial charge in [-0.3, -0.25) is 9.59 Å². The second-order valence-corrected chi connectivity index (χ2v) is 6.19. The molecule has 2 amide bonds. The number of carbonyl (C=O) groups excluding carboxylic acids is 2. The van der Waals surface area contributed by atoms with Gasteiger partial charge >= 0.3 is 11.8 Å². The number of hydrogen-bond acceptors (Lipinski definition) is 2. The van der Waals surface area contributed by atoms with Crippen LogP contribution in [-0.4, -0.2) is 24.4 Å². The molecule has 2 atom stereocenters. The molecule has 0 saturated heterocycles. The predicted molar refractivity (Wildman–Crippen MR) is 87.3 cm³/mol. The fourth-order valence-electron chi connectivity index (χ4n) is 2.98. The van der Waals surface area contributed by atoms with Crippen molar-refractivity contribution in [1.29, 1.82) is 0 Å². The first-order valence-corrected chi connectivity index (χ1v) is 8.29. The molecule has 4 nitrogen and oxygen atoms in total. The normalized spacial score (nSPS) is 21.1. The van der Waals surface area contributed by atoms with Gasteiger partial charge in [-0.15, -0.1) is 0 Å². The Balaban J connectivity index is 1.65. The average molecular weight is 302 g/mol. The topological polar surface area (TPSA) is 58.2 Å². The third kappa shape index (κ3) is 5.17. The van der Waals surface area contributed by atoms with Gasteiger partial charge in [-0.2, -0.15) is 0 Å². The van der Waals surface area contributed by atoms with E-state index >= 15 is 0 Å². The highest BCUT2D eigenvalue weighted by molar-refractivity contribution is 6.35. The molecule has 2 N–H and O–H groups in total. The van der Waals surface area contributed by atoms with E-state index in [0.717, 1.165) is 32.1 Å². The monoisotopic (exact) mass is 302 g/mol. The van der Waals surface area contributed by atoms with Crippen LogP contribution in [0.2, 0.25) is 0 Å². The molecule has 1 fully saturated rings. The van der Waals surface area contributed by atoms with Crippen molar-refractivity contribution in [2.45, 2.75) is 51.5 Å². The van der Waals surface area contributed by atoms with Gasteiger partial charge in [0.15, 0.2) is 0 Å². The molecule has 2 rings (SSSR count). The number of nitrogens with one attached hydrogen (secondary N) is 2. The van der Waals surface area contributed by atoms with Crippen LogP contribution in [0.5, 0.6) is 0 Å². The second kappa shape index (κ2) is 8.57. The summed E-state index contributed by atoms with van der Waals surface area (Å²) in [5.74, 6) is -0.534. The van der Waals surface area contributed by atoms with Crippen LogP contribution in [0.3, 0.4) is 0 Å². The van der Waals surface area contributed by atoms with E-state index in [1.807, 2.05) is 18.2 Å². The van der Waals surface area contributed by atoms with Gasteiger partial charge in [-0.25, -0.2) is 0 Å². The summed E-state index contributed by atoms with van der Waals surface area (Å²) in [4.78, 5) is 23.7. The third-order valence-electron chi connectivity index (χ3n) is 4.40. The Bertz CT molecular complexity index is 487. The number of rotatable bonds is 5. The van der Waals surface area contributed by atoms with E-state index in [1.165, 1.54) is 12.0 Å². The molecule has 4 heteroatoms. The zero-order valence-corrected chi connectivity index (χ0v) is 13.3. The molecular weight excluding hydrogens is 276 g/mol. The molecular formula is C18H26N2O2. The van der Waals surface area contributed by atoms with Crippen LogP contribution >= 0.6 is 0 Å². The summed E-state index contributed by atoms with van der Waals surface area (Å²) >= 11 is 0. The zero-order valence-electron chi connectivity index (χ0n) is 13.3. The van der Waals surface area contributed by atoms with Crippen molar-refractivity contribution in [1.82, 2.24) is 10.6 Å². The minimum atomic E-state index is -0.508. The molecule has 0 radical (unpaired) electrons. The third-order valence-corrected chi connectivity index (χ3v) is 4.40. The summed E-state index contributed by atoms with van der Waals surface area (Å²) in [5, 5.41) is 5.58. The van der Waals surface area contributed by atoms with Gasteiger partial charge in [0, 0.05) is 12.6 Å². The first-order chi connectivity index (χ1) is 10.7. The van der Waals surface area contributed by atoms with Crippen LogP contribution in [0.15, 0.2) is 30.3 Å². The van der Waals surface area contributed by atoms with Crippen molar-refractivity contribution in [3.63, 3.8) is 0 Å². The van der Waals surface area contributed by atoms with Crippen molar-refractivity contribution in [2.24, 2.45) is 5.92 Å². The Hall–Kier alpha value is -1.84. The molecule has 120 valence electrons. The quantitative estimate of drug-likeness (QED) is 0.648. The van der Waals surface area contributed by atoms with Gasteiger partial charge < -0.3 is 10.6 Å². The van der Waals surface area contributed by atoms with E-state index in [4.69, 9.17) is 0 Å². The van der Waals surface area contributed by atoms with E-state index < -0.39 is 11.8 Å². The number of carbonyl (C=O) groups is 2. The second-order valence-electron chi connectivity index (χ2n) is 6.19. The molecule has 0 bridgehead atoms.